The van der Waals surface area contributed by atoms with Crippen molar-refractivity contribution in [2.24, 2.45) is 0 Å². The van der Waals surface area contributed by atoms with Crippen LogP contribution in [-0.4, -0.2) is 23.8 Å². The molecule has 0 aliphatic carbocycles. The number of hydrogen-bond donors (Lipinski definition) is 1. The molecule has 0 atom stereocenters. The predicted molar refractivity (Wildman–Crippen MR) is 141 cm³/mol. The van der Waals surface area contributed by atoms with Crippen molar-refractivity contribution in [3.05, 3.63) is 95.8 Å². The van der Waals surface area contributed by atoms with Gasteiger partial charge in [0.1, 0.15) is 5.57 Å². The molecule has 4 amide bonds. The van der Waals surface area contributed by atoms with Crippen molar-refractivity contribution in [1.29, 1.82) is 0 Å². The van der Waals surface area contributed by atoms with Gasteiger partial charge in [-0.1, -0.05) is 43.5 Å². The molecule has 1 fully saturated rings. The van der Waals surface area contributed by atoms with Crippen molar-refractivity contribution in [3.8, 4) is 5.75 Å². The molecular formula is C24H12Br3ClN2O5. The maximum atomic E-state index is 13.2. The van der Waals surface area contributed by atoms with Gasteiger partial charge in [-0.15, -0.1) is 0 Å². The summed E-state index contributed by atoms with van der Waals surface area (Å²) in [4.78, 5) is 51.8. The van der Waals surface area contributed by atoms with Crippen molar-refractivity contribution < 1.29 is 23.9 Å². The Morgan fingerprint density at radius 3 is 2.23 bits per heavy atom. The molecule has 0 spiro atoms. The van der Waals surface area contributed by atoms with Gasteiger partial charge in [0, 0.05) is 19.5 Å². The van der Waals surface area contributed by atoms with Crippen LogP contribution in [0.4, 0.5) is 10.5 Å². The number of anilines is 1. The van der Waals surface area contributed by atoms with Crippen molar-refractivity contribution >= 4 is 95.0 Å². The van der Waals surface area contributed by atoms with E-state index in [1.807, 2.05) is 0 Å². The Labute approximate surface area is 229 Å². The van der Waals surface area contributed by atoms with E-state index in [1.165, 1.54) is 30.3 Å². The molecule has 1 saturated heterocycles. The number of barbiturate groups is 1. The van der Waals surface area contributed by atoms with E-state index in [0.717, 1.165) is 9.37 Å². The molecule has 1 aliphatic heterocycles. The van der Waals surface area contributed by atoms with Crippen LogP contribution in [0.15, 0.2) is 79.7 Å². The second-order valence-corrected chi connectivity index (χ2v) is 10.3. The Balaban J connectivity index is 1.74. The molecule has 35 heavy (non-hydrogen) atoms. The van der Waals surface area contributed by atoms with Gasteiger partial charge in [0.15, 0.2) is 5.75 Å². The van der Waals surface area contributed by atoms with E-state index in [1.54, 1.807) is 36.4 Å². The van der Waals surface area contributed by atoms with Crippen LogP contribution in [0.5, 0.6) is 5.75 Å². The number of carbonyl (C=O) groups is 4. The lowest BCUT2D eigenvalue weighted by atomic mass is 10.1. The number of nitrogens with zero attached hydrogens (tertiary/aromatic N) is 1. The Morgan fingerprint density at radius 2 is 1.57 bits per heavy atom. The maximum Gasteiger partial charge on any atom is 0.343 e. The average molecular weight is 684 g/mol. The molecule has 0 radical (unpaired) electrons. The number of carbonyl (C=O) groups excluding carboxylic acids is 4. The molecule has 3 aromatic rings. The molecule has 7 nitrogen and oxygen atoms in total. The van der Waals surface area contributed by atoms with Crippen LogP contribution < -0.4 is 15.0 Å². The van der Waals surface area contributed by atoms with Crippen LogP contribution in [-0.2, 0) is 9.59 Å². The fraction of sp³-hybridized carbons (Fsp3) is 0. The highest BCUT2D eigenvalue weighted by Crippen LogP contribution is 2.36. The van der Waals surface area contributed by atoms with Gasteiger partial charge in [-0.2, -0.15) is 0 Å². The van der Waals surface area contributed by atoms with Crippen LogP contribution >= 0.6 is 59.4 Å². The standard InChI is InChI=1S/C24H12Br3ClN2O5/c25-14-3-1-12(2-4-14)23(33)35-20-13(9-15(26)11-19(20)27)10-18-21(31)29-24(34)30(22(18)32)17-7-5-16(28)6-8-17/h1-11H,(H,29,31,34)/b18-10-. The lowest BCUT2D eigenvalue weighted by Gasteiger charge is -2.26. The Morgan fingerprint density at radius 1 is 0.914 bits per heavy atom. The number of nitrogens with one attached hydrogen (secondary N) is 1. The lowest BCUT2D eigenvalue weighted by molar-refractivity contribution is -0.122. The first-order valence-electron chi connectivity index (χ1n) is 9.78. The van der Waals surface area contributed by atoms with Gasteiger partial charge in [0.2, 0.25) is 0 Å². The van der Waals surface area contributed by atoms with E-state index >= 15 is 0 Å². The first kappa shape index (κ1) is 25.3. The van der Waals surface area contributed by atoms with Gasteiger partial charge >= 0.3 is 12.0 Å². The quantitative estimate of drug-likeness (QED) is 0.147. The minimum Gasteiger partial charge on any atom is -0.421 e. The van der Waals surface area contributed by atoms with E-state index in [2.05, 4.69) is 53.1 Å². The fourth-order valence-corrected chi connectivity index (χ4v) is 4.90. The summed E-state index contributed by atoms with van der Waals surface area (Å²) in [7, 11) is 0. The SMILES string of the molecule is O=C1NC(=O)N(c2ccc(Cl)cc2)C(=O)/C1=C\c1cc(Br)cc(Br)c1OC(=O)c1ccc(Br)cc1. The minimum absolute atomic E-state index is 0.0872. The lowest BCUT2D eigenvalue weighted by Crippen LogP contribution is -2.54. The summed E-state index contributed by atoms with van der Waals surface area (Å²) in [6.45, 7) is 0. The third kappa shape index (κ3) is 5.56. The molecule has 1 N–H and O–H groups in total. The molecule has 0 aromatic heterocycles. The zero-order chi connectivity index (χ0) is 25.3. The number of urea groups is 1. The number of esters is 1. The van der Waals surface area contributed by atoms with Gasteiger partial charge < -0.3 is 4.74 Å². The van der Waals surface area contributed by atoms with Gasteiger partial charge in [-0.3, -0.25) is 14.9 Å². The van der Waals surface area contributed by atoms with Gasteiger partial charge in [0.25, 0.3) is 11.8 Å². The number of imide groups is 2. The summed E-state index contributed by atoms with van der Waals surface area (Å²) in [5.41, 5.74) is 0.450. The van der Waals surface area contributed by atoms with Crippen LogP contribution in [0, 0.1) is 0 Å². The van der Waals surface area contributed by atoms with Crippen molar-refractivity contribution in [2.45, 2.75) is 0 Å². The summed E-state index contributed by atoms with van der Waals surface area (Å²) < 4.78 is 7.40. The third-order valence-corrected chi connectivity index (χ3v) is 6.63. The maximum absolute atomic E-state index is 13.2. The van der Waals surface area contributed by atoms with Crippen LogP contribution in [0.3, 0.4) is 0 Å². The number of ether oxygens (including phenoxy) is 1. The smallest absolute Gasteiger partial charge is 0.343 e. The van der Waals surface area contributed by atoms with Crippen LogP contribution in [0.1, 0.15) is 15.9 Å². The summed E-state index contributed by atoms with van der Waals surface area (Å²) in [6.07, 6.45) is 1.26. The highest BCUT2D eigenvalue weighted by atomic mass is 79.9. The zero-order valence-corrected chi connectivity index (χ0v) is 22.9. The number of rotatable bonds is 4. The largest absolute Gasteiger partial charge is 0.421 e. The van der Waals surface area contributed by atoms with E-state index in [0.29, 0.717) is 19.5 Å². The van der Waals surface area contributed by atoms with Crippen LogP contribution in [0.25, 0.3) is 6.08 Å². The van der Waals surface area contributed by atoms with Gasteiger partial charge in [-0.05, 0) is 82.7 Å². The first-order valence-corrected chi connectivity index (χ1v) is 12.5. The average Bonchev–Trinajstić information content (AvgIpc) is 2.80. The van der Waals surface area contributed by atoms with Crippen LogP contribution in [0.2, 0.25) is 5.02 Å². The summed E-state index contributed by atoms with van der Waals surface area (Å²) in [5.74, 6) is -2.28. The highest BCUT2D eigenvalue weighted by Gasteiger charge is 2.37. The number of hydrogen-bond acceptors (Lipinski definition) is 5. The Hall–Kier alpha value is -2.79. The summed E-state index contributed by atoms with van der Waals surface area (Å²) in [6, 6.07) is 14.9. The molecule has 0 saturated carbocycles. The van der Waals surface area contributed by atoms with Crippen molar-refractivity contribution in [1.82, 2.24) is 5.32 Å². The van der Waals surface area contributed by atoms with E-state index in [4.69, 9.17) is 16.3 Å². The normalized spacial score (nSPS) is 14.8. The van der Waals surface area contributed by atoms with E-state index in [9.17, 15) is 19.2 Å². The summed E-state index contributed by atoms with van der Waals surface area (Å²) in [5, 5.41) is 2.57. The molecule has 0 bridgehead atoms. The monoisotopic (exact) mass is 680 g/mol. The zero-order valence-electron chi connectivity index (χ0n) is 17.4. The molecule has 4 rings (SSSR count). The van der Waals surface area contributed by atoms with Crippen molar-refractivity contribution in [3.63, 3.8) is 0 Å². The van der Waals surface area contributed by atoms with Gasteiger partial charge in [0.05, 0.1) is 15.7 Å². The first-order chi connectivity index (χ1) is 16.6. The molecule has 176 valence electrons. The molecular weight excluding hydrogens is 671 g/mol. The molecule has 11 heteroatoms. The molecule has 1 heterocycles. The van der Waals surface area contributed by atoms with E-state index < -0.39 is 23.8 Å². The number of benzene rings is 3. The van der Waals surface area contributed by atoms with Crippen molar-refractivity contribution in [2.75, 3.05) is 4.90 Å². The second-order valence-electron chi connectivity index (χ2n) is 7.14. The number of halogens is 4. The predicted octanol–water partition coefficient (Wildman–Crippen LogP) is 6.51. The third-order valence-electron chi connectivity index (χ3n) is 4.80. The van der Waals surface area contributed by atoms with Gasteiger partial charge in [-0.25, -0.2) is 14.5 Å². The topological polar surface area (TPSA) is 92.8 Å². The fourth-order valence-electron chi connectivity index (χ4n) is 3.17. The minimum atomic E-state index is -0.892. The second kappa shape index (κ2) is 10.4. The Kier molecular flexibility index (Phi) is 7.56. The number of amides is 4. The molecule has 1 aliphatic rings. The Bertz CT molecular complexity index is 1410. The highest BCUT2D eigenvalue weighted by molar-refractivity contribution is 9.11. The summed E-state index contributed by atoms with van der Waals surface area (Å²) >= 11 is 15.9. The van der Waals surface area contributed by atoms with E-state index in [-0.39, 0.29) is 22.6 Å². The molecule has 0 unspecified atom stereocenters. The molecule has 3 aromatic carbocycles.